The Labute approximate surface area is 150 Å². The van der Waals surface area contributed by atoms with Gasteiger partial charge in [-0.25, -0.2) is 4.98 Å². The van der Waals surface area contributed by atoms with E-state index >= 15 is 0 Å². The van der Waals surface area contributed by atoms with Crippen LogP contribution in [0.2, 0.25) is 0 Å². The minimum atomic E-state index is -4.30. The highest BCUT2D eigenvalue weighted by atomic mass is 32.2. The fraction of sp³-hybridized carbons (Fsp3) is 0.0952. The summed E-state index contributed by atoms with van der Waals surface area (Å²) in [6, 6.07) is 14.2. The predicted molar refractivity (Wildman–Crippen MR) is 98.9 cm³/mol. The van der Waals surface area contributed by atoms with E-state index in [1.165, 1.54) is 39.7 Å². The van der Waals surface area contributed by atoms with E-state index < -0.39 is 10.1 Å². The molecule has 128 valence electrons. The van der Waals surface area contributed by atoms with Crippen molar-refractivity contribution in [3.8, 4) is 0 Å². The maximum absolute atomic E-state index is 11.3. The topological polar surface area (TPSA) is 67.3 Å². The Bertz CT molecular complexity index is 1310. The van der Waals surface area contributed by atoms with Crippen LogP contribution in [-0.4, -0.2) is 18.0 Å². The molecule has 1 aromatic heterocycles. The number of hydrogen-bond acceptors (Lipinski definition) is 3. The molecule has 2 aromatic carbocycles. The highest BCUT2D eigenvalue weighted by Gasteiger charge is 2.18. The Hall–Kier alpha value is -2.76. The van der Waals surface area contributed by atoms with Crippen LogP contribution >= 0.6 is 0 Å². The molecule has 1 heterocycles. The zero-order chi connectivity index (χ0) is 17.9. The smallest absolute Gasteiger partial charge is 0.281 e. The van der Waals surface area contributed by atoms with E-state index in [9.17, 15) is 13.0 Å². The summed E-state index contributed by atoms with van der Waals surface area (Å²) in [4.78, 5) is 3.89. The molecule has 2 aliphatic rings. The number of aromatic nitrogens is 1. The van der Waals surface area contributed by atoms with Gasteiger partial charge in [0.15, 0.2) is 5.03 Å². The third-order valence-corrected chi connectivity index (χ3v) is 5.85. The Morgan fingerprint density at radius 1 is 0.808 bits per heavy atom. The van der Waals surface area contributed by atoms with E-state index in [-0.39, 0.29) is 5.03 Å². The van der Waals surface area contributed by atoms with Crippen molar-refractivity contribution in [1.82, 2.24) is 4.98 Å². The van der Waals surface area contributed by atoms with Gasteiger partial charge in [-0.1, -0.05) is 36.4 Å². The van der Waals surface area contributed by atoms with Crippen molar-refractivity contribution in [1.29, 1.82) is 0 Å². The first kappa shape index (κ1) is 15.5. The fourth-order valence-corrected chi connectivity index (χ4v) is 4.25. The average Bonchev–Trinajstić information content (AvgIpc) is 2.61. The molecule has 4 nitrogen and oxygen atoms in total. The molecule has 0 radical (unpaired) electrons. The van der Waals surface area contributed by atoms with Crippen LogP contribution in [0.5, 0.6) is 0 Å². The summed E-state index contributed by atoms with van der Waals surface area (Å²) in [6.45, 7) is 0. The van der Waals surface area contributed by atoms with E-state index in [0.717, 1.165) is 22.8 Å². The molecule has 5 rings (SSSR count). The zero-order valence-electron chi connectivity index (χ0n) is 13.8. The van der Waals surface area contributed by atoms with Gasteiger partial charge in [0.25, 0.3) is 0 Å². The maximum atomic E-state index is 11.3. The lowest BCUT2D eigenvalue weighted by Crippen LogP contribution is -2.25. The van der Waals surface area contributed by atoms with Crippen LogP contribution in [0, 0.1) is 0 Å². The van der Waals surface area contributed by atoms with Crippen LogP contribution in [0.3, 0.4) is 0 Å². The van der Waals surface area contributed by atoms with Gasteiger partial charge in [-0.2, -0.15) is 8.42 Å². The summed E-state index contributed by atoms with van der Waals surface area (Å²) in [5.74, 6) is 0. The molecule has 3 aromatic rings. The van der Waals surface area contributed by atoms with E-state index in [2.05, 4.69) is 47.5 Å². The maximum Gasteiger partial charge on any atom is 0.312 e. The van der Waals surface area contributed by atoms with Gasteiger partial charge in [0, 0.05) is 12.6 Å². The third-order valence-electron chi connectivity index (χ3n) is 5.10. The number of hydrogen-bond donors (Lipinski definition) is 1. The molecular formula is C21H15NO3S. The first-order valence-corrected chi connectivity index (χ1v) is 9.81. The Morgan fingerprint density at radius 3 is 2.19 bits per heavy atom. The fourth-order valence-electron chi connectivity index (χ4n) is 3.79. The standard InChI is InChI=1S/C21H15NO3S/c23-26(24,25)21-11-19-9-17-7-15-5-13-3-1-2-4-14(13)6-16(15)8-18(17)10-20(19)12-22-21/h1-4,6-9,11-12H,5,10H2,(H,23,24,25). The molecule has 0 fully saturated rings. The van der Waals surface area contributed by atoms with Crippen LogP contribution in [0.1, 0.15) is 33.4 Å². The Morgan fingerprint density at radius 2 is 1.46 bits per heavy atom. The highest BCUT2D eigenvalue weighted by Crippen LogP contribution is 2.21. The molecular weight excluding hydrogens is 346 g/mol. The molecule has 0 aliphatic heterocycles. The van der Waals surface area contributed by atoms with Crippen LogP contribution in [0.4, 0.5) is 0 Å². The van der Waals surface area contributed by atoms with Gasteiger partial charge in [-0.3, -0.25) is 4.55 Å². The summed E-state index contributed by atoms with van der Waals surface area (Å²) in [5.41, 5.74) is 6.80. The largest absolute Gasteiger partial charge is 0.312 e. The first-order chi connectivity index (χ1) is 12.5. The van der Waals surface area contributed by atoms with Gasteiger partial charge in [0.1, 0.15) is 0 Å². The van der Waals surface area contributed by atoms with Gasteiger partial charge in [-0.05, 0) is 68.5 Å². The van der Waals surface area contributed by atoms with Crippen LogP contribution in [0.25, 0.3) is 12.2 Å². The van der Waals surface area contributed by atoms with E-state index in [4.69, 9.17) is 0 Å². The summed E-state index contributed by atoms with van der Waals surface area (Å²) in [7, 11) is -4.30. The molecule has 5 heteroatoms. The van der Waals surface area contributed by atoms with Crippen molar-refractivity contribution in [2.45, 2.75) is 17.9 Å². The normalized spacial score (nSPS) is 14.2. The SMILES string of the molecule is O=S(=O)(O)c1cc2c(cn1)Cc1cc3c(cc1=C2)Cc1ccccc1C=3. The molecule has 0 spiro atoms. The molecule has 0 saturated heterocycles. The van der Waals surface area contributed by atoms with Gasteiger partial charge < -0.3 is 0 Å². The summed E-state index contributed by atoms with van der Waals surface area (Å²) >= 11 is 0. The second-order valence-electron chi connectivity index (χ2n) is 6.79. The zero-order valence-corrected chi connectivity index (χ0v) is 14.6. The number of fused-ring (bicyclic) bond motifs is 4. The summed E-state index contributed by atoms with van der Waals surface area (Å²) in [5, 5.41) is 2.02. The average molecular weight is 361 g/mol. The molecule has 26 heavy (non-hydrogen) atoms. The first-order valence-electron chi connectivity index (χ1n) is 8.37. The third kappa shape index (κ3) is 2.48. The minimum absolute atomic E-state index is 0.309. The van der Waals surface area contributed by atoms with Gasteiger partial charge in [0.2, 0.25) is 0 Å². The monoisotopic (exact) mass is 361 g/mol. The molecule has 2 aliphatic carbocycles. The van der Waals surface area contributed by atoms with E-state index in [1.54, 1.807) is 0 Å². The Balaban J connectivity index is 1.70. The predicted octanol–water partition coefficient (Wildman–Crippen LogP) is 1.79. The van der Waals surface area contributed by atoms with Crippen molar-refractivity contribution >= 4 is 22.3 Å². The van der Waals surface area contributed by atoms with Crippen LogP contribution in [-0.2, 0) is 23.0 Å². The van der Waals surface area contributed by atoms with E-state index in [0.29, 0.717) is 6.42 Å². The second kappa shape index (κ2) is 5.37. The van der Waals surface area contributed by atoms with Crippen LogP contribution in [0.15, 0.2) is 53.7 Å². The van der Waals surface area contributed by atoms with Crippen LogP contribution < -0.4 is 10.4 Å². The number of benzene rings is 2. The number of rotatable bonds is 1. The number of pyridine rings is 1. The van der Waals surface area contributed by atoms with Crippen molar-refractivity contribution in [3.05, 3.63) is 92.5 Å². The molecule has 0 atom stereocenters. The van der Waals surface area contributed by atoms with Crippen molar-refractivity contribution in [3.63, 3.8) is 0 Å². The van der Waals surface area contributed by atoms with Crippen molar-refractivity contribution in [2.75, 3.05) is 0 Å². The van der Waals surface area contributed by atoms with E-state index in [1.807, 2.05) is 6.08 Å². The summed E-state index contributed by atoms with van der Waals surface area (Å²) < 4.78 is 31.9. The second-order valence-corrected chi connectivity index (χ2v) is 8.16. The lowest BCUT2D eigenvalue weighted by Gasteiger charge is -2.18. The quantitative estimate of drug-likeness (QED) is 0.462. The van der Waals surface area contributed by atoms with Gasteiger partial charge >= 0.3 is 10.1 Å². The lowest BCUT2D eigenvalue weighted by atomic mass is 9.87. The minimum Gasteiger partial charge on any atom is -0.281 e. The molecule has 0 saturated carbocycles. The molecule has 0 amide bonds. The summed E-state index contributed by atoms with van der Waals surface area (Å²) in [6.07, 6.45) is 7.33. The lowest BCUT2D eigenvalue weighted by molar-refractivity contribution is 0.479. The van der Waals surface area contributed by atoms with Crippen molar-refractivity contribution in [2.24, 2.45) is 0 Å². The molecule has 0 unspecified atom stereocenters. The van der Waals surface area contributed by atoms with Gasteiger partial charge in [-0.15, -0.1) is 0 Å². The highest BCUT2D eigenvalue weighted by molar-refractivity contribution is 7.85. The van der Waals surface area contributed by atoms with Gasteiger partial charge in [0.05, 0.1) is 0 Å². The molecule has 1 N–H and O–H groups in total. The van der Waals surface area contributed by atoms with Crippen molar-refractivity contribution < 1.29 is 13.0 Å². The number of nitrogens with zero attached hydrogens (tertiary/aromatic N) is 1. The molecule has 0 bridgehead atoms. The Kier molecular flexibility index (Phi) is 3.20.